The van der Waals surface area contributed by atoms with E-state index in [0.29, 0.717) is 11.3 Å². The van der Waals surface area contributed by atoms with Crippen LogP contribution in [0.25, 0.3) is 5.65 Å². The van der Waals surface area contributed by atoms with Crippen LogP contribution in [0.5, 0.6) is 0 Å². The molecule has 1 N–H and O–H groups in total. The number of carbonyl (C=O) groups excluding carboxylic acids is 1. The number of hydrogen-bond acceptors (Lipinski definition) is 4. The standard InChI is InChI=1S/C17H22N4O2/c22-16(14-15-19-8-10-21(15)9-7-18-14)20-13-4-11-23-17(12-13)5-2-1-3-6-17/h7-10,13H,1-6,11-12H2,(H,20,22)/t13-/m0/s1. The maximum atomic E-state index is 12.6. The molecule has 2 aromatic heterocycles. The minimum absolute atomic E-state index is 0.0127. The predicted molar refractivity (Wildman–Crippen MR) is 85.2 cm³/mol. The van der Waals surface area contributed by atoms with Crippen LogP contribution in [0.1, 0.15) is 55.4 Å². The second kappa shape index (κ2) is 5.92. The van der Waals surface area contributed by atoms with Gasteiger partial charge in [0.05, 0.1) is 5.60 Å². The summed E-state index contributed by atoms with van der Waals surface area (Å²) in [6, 6.07) is 0.159. The lowest BCUT2D eigenvalue weighted by atomic mass is 9.78. The molecule has 1 aliphatic heterocycles. The number of hydrogen-bond donors (Lipinski definition) is 1. The van der Waals surface area contributed by atoms with Gasteiger partial charge in [-0.1, -0.05) is 19.3 Å². The maximum absolute atomic E-state index is 12.6. The van der Waals surface area contributed by atoms with Gasteiger partial charge in [0.25, 0.3) is 5.91 Å². The lowest BCUT2D eigenvalue weighted by Crippen LogP contribution is -2.49. The zero-order valence-corrected chi connectivity index (χ0v) is 13.2. The quantitative estimate of drug-likeness (QED) is 0.924. The summed E-state index contributed by atoms with van der Waals surface area (Å²) in [5, 5.41) is 3.15. The van der Waals surface area contributed by atoms with Crippen LogP contribution < -0.4 is 5.32 Å². The maximum Gasteiger partial charge on any atom is 0.273 e. The van der Waals surface area contributed by atoms with Gasteiger partial charge in [0.1, 0.15) is 0 Å². The number of nitrogens with one attached hydrogen (secondary N) is 1. The average molecular weight is 314 g/mol. The molecule has 122 valence electrons. The first kappa shape index (κ1) is 14.6. The van der Waals surface area contributed by atoms with E-state index >= 15 is 0 Å². The Labute approximate surface area is 135 Å². The minimum atomic E-state index is -0.139. The van der Waals surface area contributed by atoms with Crippen molar-refractivity contribution in [2.45, 2.75) is 56.6 Å². The van der Waals surface area contributed by atoms with Crippen LogP contribution in [0.3, 0.4) is 0 Å². The van der Waals surface area contributed by atoms with Crippen molar-refractivity contribution in [1.82, 2.24) is 19.7 Å². The number of ether oxygens (including phenoxy) is 1. The Kier molecular flexibility index (Phi) is 3.77. The Bertz CT molecular complexity index is 700. The first-order chi connectivity index (χ1) is 11.3. The van der Waals surface area contributed by atoms with Gasteiger partial charge in [-0.25, -0.2) is 9.97 Å². The highest BCUT2D eigenvalue weighted by molar-refractivity contribution is 5.97. The molecule has 1 aliphatic carbocycles. The van der Waals surface area contributed by atoms with E-state index in [9.17, 15) is 4.79 Å². The normalized spacial score (nSPS) is 23.9. The molecule has 2 fully saturated rings. The van der Waals surface area contributed by atoms with Gasteiger partial charge in [-0.05, 0) is 25.7 Å². The van der Waals surface area contributed by atoms with Gasteiger partial charge in [0.2, 0.25) is 0 Å². The lowest BCUT2D eigenvalue weighted by molar-refractivity contribution is -0.107. The second-order valence-electron chi connectivity index (χ2n) is 6.69. The molecule has 6 nitrogen and oxygen atoms in total. The summed E-state index contributed by atoms with van der Waals surface area (Å²) in [4.78, 5) is 21.1. The first-order valence-corrected chi connectivity index (χ1v) is 8.48. The third kappa shape index (κ3) is 2.83. The smallest absolute Gasteiger partial charge is 0.273 e. The monoisotopic (exact) mass is 314 g/mol. The summed E-state index contributed by atoms with van der Waals surface area (Å²) in [6.45, 7) is 0.728. The summed E-state index contributed by atoms with van der Waals surface area (Å²) in [6.07, 6.45) is 14.7. The van der Waals surface area contributed by atoms with Gasteiger partial charge in [-0.2, -0.15) is 0 Å². The van der Waals surface area contributed by atoms with Gasteiger partial charge >= 0.3 is 0 Å². The van der Waals surface area contributed by atoms with Crippen molar-refractivity contribution >= 4 is 11.6 Å². The molecule has 2 aliphatic rings. The van der Waals surface area contributed by atoms with Crippen molar-refractivity contribution in [2.24, 2.45) is 0 Å². The molecule has 6 heteroatoms. The van der Waals surface area contributed by atoms with Crippen molar-refractivity contribution in [2.75, 3.05) is 6.61 Å². The molecule has 2 aromatic rings. The number of carbonyl (C=O) groups is 1. The van der Waals surface area contributed by atoms with Gasteiger partial charge < -0.3 is 14.5 Å². The van der Waals surface area contributed by atoms with E-state index in [-0.39, 0.29) is 17.6 Å². The van der Waals surface area contributed by atoms with Crippen LogP contribution in [0.2, 0.25) is 0 Å². The Balaban J connectivity index is 1.49. The molecule has 0 unspecified atom stereocenters. The van der Waals surface area contributed by atoms with Gasteiger partial charge in [-0.3, -0.25) is 4.79 Å². The molecule has 3 heterocycles. The second-order valence-corrected chi connectivity index (χ2v) is 6.69. The fourth-order valence-electron chi connectivity index (χ4n) is 3.96. The van der Waals surface area contributed by atoms with Crippen LogP contribution in [-0.4, -0.2) is 38.5 Å². The molecule has 0 radical (unpaired) electrons. The van der Waals surface area contributed by atoms with E-state index in [0.717, 1.165) is 32.3 Å². The predicted octanol–water partition coefficient (Wildman–Crippen LogP) is 2.34. The molecule has 1 saturated carbocycles. The van der Waals surface area contributed by atoms with Crippen molar-refractivity contribution in [3.63, 3.8) is 0 Å². The topological polar surface area (TPSA) is 68.5 Å². The number of imidazole rings is 1. The highest BCUT2D eigenvalue weighted by Crippen LogP contribution is 2.38. The highest BCUT2D eigenvalue weighted by Gasteiger charge is 2.39. The van der Waals surface area contributed by atoms with Crippen LogP contribution in [-0.2, 0) is 4.74 Å². The lowest BCUT2D eigenvalue weighted by Gasteiger charge is -2.43. The molecule has 0 bridgehead atoms. The van der Waals surface area contributed by atoms with Crippen molar-refractivity contribution in [3.8, 4) is 0 Å². The molecule has 1 saturated heterocycles. The van der Waals surface area contributed by atoms with E-state index in [1.807, 2.05) is 10.6 Å². The molecule has 1 amide bonds. The zero-order valence-electron chi connectivity index (χ0n) is 13.2. The van der Waals surface area contributed by atoms with Crippen molar-refractivity contribution < 1.29 is 9.53 Å². The van der Waals surface area contributed by atoms with Crippen LogP contribution >= 0.6 is 0 Å². The third-order valence-corrected chi connectivity index (χ3v) is 5.12. The molecular weight excluding hydrogens is 292 g/mol. The van der Waals surface area contributed by atoms with Crippen LogP contribution in [0.15, 0.2) is 24.8 Å². The van der Waals surface area contributed by atoms with E-state index < -0.39 is 0 Å². The summed E-state index contributed by atoms with van der Waals surface area (Å²) in [7, 11) is 0. The van der Waals surface area contributed by atoms with E-state index in [2.05, 4.69) is 15.3 Å². The Morgan fingerprint density at radius 3 is 2.83 bits per heavy atom. The number of nitrogens with zero attached hydrogens (tertiary/aromatic N) is 3. The Hall–Kier alpha value is -1.95. The van der Waals surface area contributed by atoms with Crippen LogP contribution in [0.4, 0.5) is 0 Å². The average Bonchev–Trinajstić information content (AvgIpc) is 3.04. The molecule has 0 aromatic carbocycles. The summed E-state index contributed by atoms with van der Waals surface area (Å²) < 4.78 is 7.91. The molecule has 1 spiro atoms. The molecule has 4 rings (SSSR count). The fraction of sp³-hybridized carbons (Fsp3) is 0.588. The van der Waals surface area contributed by atoms with Gasteiger partial charge in [0, 0.05) is 37.4 Å². The van der Waals surface area contributed by atoms with Gasteiger partial charge in [0.15, 0.2) is 11.3 Å². The van der Waals surface area contributed by atoms with Gasteiger partial charge in [-0.15, -0.1) is 0 Å². The minimum Gasteiger partial charge on any atom is -0.375 e. The number of aromatic nitrogens is 3. The summed E-state index contributed by atoms with van der Waals surface area (Å²) >= 11 is 0. The highest BCUT2D eigenvalue weighted by atomic mass is 16.5. The van der Waals surface area contributed by atoms with Crippen LogP contribution in [0, 0.1) is 0 Å². The fourth-order valence-corrected chi connectivity index (χ4v) is 3.96. The first-order valence-electron chi connectivity index (χ1n) is 8.48. The summed E-state index contributed by atoms with van der Waals surface area (Å²) in [5.41, 5.74) is 0.979. The zero-order chi connectivity index (χ0) is 15.7. The Morgan fingerprint density at radius 2 is 2.00 bits per heavy atom. The number of fused-ring (bicyclic) bond motifs is 1. The van der Waals surface area contributed by atoms with E-state index in [1.54, 1.807) is 18.6 Å². The number of rotatable bonds is 2. The summed E-state index contributed by atoms with van der Waals surface area (Å²) in [5.74, 6) is -0.139. The largest absolute Gasteiger partial charge is 0.375 e. The number of amides is 1. The van der Waals surface area contributed by atoms with E-state index in [1.165, 1.54) is 19.3 Å². The molecule has 1 atom stereocenters. The van der Waals surface area contributed by atoms with Crippen molar-refractivity contribution in [3.05, 3.63) is 30.5 Å². The van der Waals surface area contributed by atoms with E-state index in [4.69, 9.17) is 4.74 Å². The third-order valence-electron chi connectivity index (χ3n) is 5.12. The Morgan fingerprint density at radius 1 is 1.22 bits per heavy atom. The molecular formula is C17H22N4O2. The van der Waals surface area contributed by atoms with Crippen molar-refractivity contribution in [1.29, 1.82) is 0 Å². The molecule has 23 heavy (non-hydrogen) atoms. The SMILES string of the molecule is O=C(N[C@H]1CCOC2(CCCCC2)C1)c1nccn2ccnc12.